The summed E-state index contributed by atoms with van der Waals surface area (Å²) < 4.78 is 11.2. The molecule has 2 nitrogen and oxygen atoms in total. The number of hydrogen-bond donors (Lipinski definition) is 1. The monoisotopic (exact) mass is 205 g/mol. The van der Waals surface area contributed by atoms with E-state index in [2.05, 4.69) is 26.1 Å². The maximum atomic E-state index is 11.2. The number of hydrogen-bond acceptors (Lipinski definition) is 2. The molecule has 0 radical (unpaired) electrons. The molecule has 0 aromatic heterocycles. The predicted molar refractivity (Wildman–Crippen MR) is 60.5 cm³/mol. The molecule has 0 aliphatic rings. The summed E-state index contributed by atoms with van der Waals surface area (Å²) in [5.74, 6) is 2.43. The highest BCUT2D eigenvalue weighted by Gasteiger charge is 1.97. The molecule has 0 saturated carbocycles. The lowest BCUT2D eigenvalue weighted by Gasteiger charge is -2.06. The van der Waals surface area contributed by atoms with Gasteiger partial charge < -0.3 is 5.32 Å². The van der Waals surface area contributed by atoms with E-state index in [1.54, 1.807) is 0 Å². The molecule has 0 bridgehead atoms. The van der Waals surface area contributed by atoms with E-state index in [1.807, 2.05) is 0 Å². The van der Waals surface area contributed by atoms with Gasteiger partial charge in [0, 0.05) is 22.3 Å². The zero-order valence-electron chi connectivity index (χ0n) is 9.14. The molecule has 0 fully saturated rings. The van der Waals surface area contributed by atoms with Crippen LogP contribution in [0.15, 0.2) is 0 Å². The Morgan fingerprint density at radius 3 is 2.54 bits per heavy atom. The van der Waals surface area contributed by atoms with Crippen LogP contribution in [0.25, 0.3) is 0 Å². The van der Waals surface area contributed by atoms with Crippen LogP contribution < -0.4 is 5.32 Å². The minimum atomic E-state index is -0.574. The van der Waals surface area contributed by atoms with Crippen LogP contribution in [0.4, 0.5) is 0 Å². The normalized spacial score (nSPS) is 13.5. The number of nitrogens with one attached hydrogen (secondary N) is 1. The molecule has 80 valence electrons. The Bertz CT molecular complexity index is 137. The zero-order chi connectivity index (χ0) is 10.1. The largest absolute Gasteiger partial charge is 0.316 e. The zero-order valence-corrected chi connectivity index (χ0v) is 9.95. The van der Waals surface area contributed by atoms with Gasteiger partial charge in [-0.2, -0.15) is 0 Å². The summed E-state index contributed by atoms with van der Waals surface area (Å²) in [6.45, 7) is 8.55. The van der Waals surface area contributed by atoms with Gasteiger partial charge in [0.15, 0.2) is 0 Å². The van der Waals surface area contributed by atoms with E-state index in [1.165, 1.54) is 0 Å². The topological polar surface area (TPSA) is 29.1 Å². The fourth-order valence-corrected chi connectivity index (χ4v) is 2.20. The lowest BCUT2D eigenvalue weighted by Crippen LogP contribution is -2.22. The highest BCUT2D eigenvalue weighted by molar-refractivity contribution is 7.84. The molecule has 0 saturated heterocycles. The Labute approximate surface area is 84.9 Å². The third-order valence-corrected chi connectivity index (χ3v) is 3.32. The average Bonchev–Trinajstić information content (AvgIpc) is 2.03. The standard InChI is InChI=1S/C10H23NOS/c1-4-7-13(12)8-5-6-11-9-10(2)3/h10-11H,4-9H2,1-3H3. The van der Waals surface area contributed by atoms with Crippen molar-refractivity contribution in [3.63, 3.8) is 0 Å². The van der Waals surface area contributed by atoms with Gasteiger partial charge in [0.2, 0.25) is 0 Å². The summed E-state index contributed by atoms with van der Waals surface area (Å²) in [5, 5.41) is 3.35. The van der Waals surface area contributed by atoms with Crippen molar-refractivity contribution < 1.29 is 4.21 Å². The lowest BCUT2D eigenvalue weighted by atomic mass is 10.2. The Kier molecular flexibility index (Phi) is 8.77. The Morgan fingerprint density at radius 1 is 1.31 bits per heavy atom. The van der Waals surface area contributed by atoms with Gasteiger partial charge in [0.1, 0.15) is 0 Å². The van der Waals surface area contributed by atoms with Gasteiger partial charge in [-0.05, 0) is 31.8 Å². The highest BCUT2D eigenvalue weighted by Crippen LogP contribution is 1.91. The second kappa shape index (κ2) is 8.70. The van der Waals surface area contributed by atoms with Crippen molar-refractivity contribution in [2.75, 3.05) is 24.6 Å². The van der Waals surface area contributed by atoms with E-state index in [-0.39, 0.29) is 0 Å². The second-order valence-corrected chi connectivity index (χ2v) is 5.50. The van der Waals surface area contributed by atoms with Gasteiger partial charge >= 0.3 is 0 Å². The quantitative estimate of drug-likeness (QED) is 0.612. The third kappa shape index (κ3) is 10.0. The first kappa shape index (κ1) is 13.1. The van der Waals surface area contributed by atoms with Crippen molar-refractivity contribution in [1.82, 2.24) is 5.32 Å². The molecule has 0 aromatic rings. The van der Waals surface area contributed by atoms with E-state index in [0.717, 1.165) is 37.4 Å². The van der Waals surface area contributed by atoms with Crippen LogP contribution in [0.3, 0.4) is 0 Å². The smallest absolute Gasteiger partial charge is 0.0246 e. The highest BCUT2D eigenvalue weighted by atomic mass is 32.2. The second-order valence-electron chi connectivity index (χ2n) is 3.80. The van der Waals surface area contributed by atoms with Crippen molar-refractivity contribution in [3.05, 3.63) is 0 Å². The summed E-state index contributed by atoms with van der Waals surface area (Å²) in [5.41, 5.74) is 0. The summed E-state index contributed by atoms with van der Waals surface area (Å²) in [6.07, 6.45) is 2.07. The Balaban J connectivity index is 3.11. The molecule has 1 N–H and O–H groups in total. The van der Waals surface area contributed by atoms with Crippen LogP contribution in [0.1, 0.15) is 33.6 Å². The van der Waals surface area contributed by atoms with Crippen LogP contribution in [0, 0.1) is 5.92 Å². The molecule has 0 aliphatic carbocycles. The molecular weight excluding hydrogens is 182 g/mol. The van der Waals surface area contributed by atoms with E-state index < -0.39 is 10.8 Å². The molecule has 0 aromatic carbocycles. The van der Waals surface area contributed by atoms with E-state index in [9.17, 15) is 4.21 Å². The molecule has 0 rings (SSSR count). The van der Waals surface area contributed by atoms with Gasteiger partial charge in [0.25, 0.3) is 0 Å². The summed E-state index contributed by atoms with van der Waals surface area (Å²) >= 11 is 0. The average molecular weight is 205 g/mol. The fourth-order valence-electron chi connectivity index (χ4n) is 1.08. The summed E-state index contributed by atoms with van der Waals surface area (Å²) in [6, 6.07) is 0. The first-order valence-corrected chi connectivity index (χ1v) is 6.71. The fraction of sp³-hybridized carbons (Fsp3) is 1.00. The summed E-state index contributed by atoms with van der Waals surface area (Å²) in [4.78, 5) is 0. The first-order valence-electron chi connectivity index (χ1n) is 5.22. The van der Waals surface area contributed by atoms with Crippen molar-refractivity contribution in [1.29, 1.82) is 0 Å². The Hall–Kier alpha value is 0.110. The first-order chi connectivity index (χ1) is 6.16. The van der Waals surface area contributed by atoms with Crippen LogP contribution in [-0.4, -0.2) is 28.8 Å². The molecule has 1 atom stereocenters. The van der Waals surface area contributed by atoms with Crippen molar-refractivity contribution in [2.24, 2.45) is 5.92 Å². The minimum Gasteiger partial charge on any atom is -0.316 e. The molecule has 0 spiro atoms. The molecular formula is C10H23NOS. The van der Waals surface area contributed by atoms with Gasteiger partial charge in [-0.15, -0.1) is 0 Å². The van der Waals surface area contributed by atoms with Crippen molar-refractivity contribution in [2.45, 2.75) is 33.6 Å². The number of rotatable bonds is 8. The molecule has 13 heavy (non-hydrogen) atoms. The molecule has 0 heterocycles. The maximum absolute atomic E-state index is 11.2. The third-order valence-electron chi connectivity index (χ3n) is 1.71. The van der Waals surface area contributed by atoms with Crippen molar-refractivity contribution >= 4 is 10.8 Å². The van der Waals surface area contributed by atoms with Gasteiger partial charge in [-0.25, -0.2) is 0 Å². The lowest BCUT2D eigenvalue weighted by molar-refractivity contribution is 0.550. The van der Waals surface area contributed by atoms with Crippen LogP contribution in [0.2, 0.25) is 0 Å². The molecule has 3 heteroatoms. The van der Waals surface area contributed by atoms with E-state index in [4.69, 9.17) is 0 Å². The molecule has 0 aliphatic heterocycles. The molecule has 1 unspecified atom stereocenters. The summed E-state index contributed by atoms with van der Waals surface area (Å²) in [7, 11) is -0.574. The van der Waals surface area contributed by atoms with Crippen LogP contribution in [-0.2, 0) is 10.8 Å². The van der Waals surface area contributed by atoms with Gasteiger partial charge in [-0.3, -0.25) is 4.21 Å². The van der Waals surface area contributed by atoms with Crippen molar-refractivity contribution in [3.8, 4) is 0 Å². The Morgan fingerprint density at radius 2 is 2.00 bits per heavy atom. The van der Waals surface area contributed by atoms with Crippen LogP contribution >= 0.6 is 0 Å². The minimum absolute atomic E-state index is 0.574. The van der Waals surface area contributed by atoms with Gasteiger partial charge in [0.05, 0.1) is 0 Å². The SMILES string of the molecule is CCCS(=O)CCCNCC(C)C. The van der Waals surface area contributed by atoms with Crippen LogP contribution in [0.5, 0.6) is 0 Å². The van der Waals surface area contributed by atoms with Gasteiger partial charge in [-0.1, -0.05) is 20.8 Å². The maximum Gasteiger partial charge on any atom is 0.0246 e. The van der Waals surface area contributed by atoms with E-state index in [0.29, 0.717) is 5.92 Å². The predicted octanol–water partition coefficient (Wildman–Crippen LogP) is 1.78. The van der Waals surface area contributed by atoms with E-state index >= 15 is 0 Å². The molecule has 0 amide bonds.